The van der Waals surface area contributed by atoms with Crippen molar-refractivity contribution in [3.8, 4) is 28.0 Å². The van der Waals surface area contributed by atoms with E-state index in [4.69, 9.17) is 4.74 Å². The minimum Gasteiger partial charge on any atom is -0.494 e. The van der Waals surface area contributed by atoms with Crippen LogP contribution in [0.4, 0.5) is 0 Å². The van der Waals surface area contributed by atoms with E-state index in [2.05, 4.69) is 60.7 Å². The van der Waals surface area contributed by atoms with Gasteiger partial charge in [0.1, 0.15) is 5.75 Å². The Morgan fingerprint density at radius 2 is 1.59 bits per heavy atom. The fraction of sp³-hybridized carbons (Fsp3) is 0.143. The van der Waals surface area contributed by atoms with E-state index in [0.717, 1.165) is 12.2 Å². The minimum atomic E-state index is 0.696. The van der Waals surface area contributed by atoms with Crippen molar-refractivity contribution in [3.63, 3.8) is 0 Å². The van der Waals surface area contributed by atoms with E-state index in [1.807, 2.05) is 13.0 Å². The first-order chi connectivity index (χ1) is 10.9. The predicted octanol–water partition coefficient (Wildman–Crippen LogP) is 5.32. The second-order valence-corrected chi connectivity index (χ2v) is 5.63. The zero-order valence-electron chi connectivity index (χ0n) is 12.7. The molecule has 1 heteroatoms. The summed E-state index contributed by atoms with van der Waals surface area (Å²) in [7, 11) is 0. The summed E-state index contributed by atoms with van der Waals surface area (Å²) in [6, 6.07) is 23.7. The van der Waals surface area contributed by atoms with Crippen LogP contribution in [0, 0.1) is 0 Å². The molecule has 0 fully saturated rings. The molecule has 1 nitrogen and oxygen atoms in total. The molecule has 0 unspecified atom stereocenters. The Labute approximate surface area is 131 Å². The molecule has 0 bridgehead atoms. The minimum absolute atomic E-state index is 0.696. The average molecular weight is 286 g/mol. The molecule has 3 aromatic rings. The summed E-state index contributed by atoms with van der Waals surface area (Å²) in [6.07, 6.45) is 1.01. The third-order valence-corrected chi connectivity index (χ3v) is 4.31. The van der Waals surface area contributed by atoms with Crippen LogP contribution in [0.1, 0.15) is 18.1 Å². The third-order valence-electron chi connectivity index (χ3n) is 4.31. The van der Waals surface area contributed by atoms with E-state index in [9.17, 15) is 0 Å². The Bertz CT molecular complexity index is 833. The van der Waals surface area contributed by atoms with Crippen LogP contribution in [-0.2, 0) is 6.42 Å². The first-order valence-corrected chi connectivity index (χ1v) is 7.80. The maximum atomic E-state index is 5.65. The van der Waals surface area contributed by atoms with Gasteiger partial charge in [-0.2, -0.15) is 0 Å². The van der Waals surface area contributed by atoms with E-state index in [-0.39, 0.29) is 0 Å². The van der Waals surface area contributed by atoms with Crippen molar-refractivity contribution in [2.24, 2.45) is 0 Å². The maximum absolute atomic E-state index is 5.65. The quantitative estimate of drug-likeness (QED) is 0.495. The molecular weight excluding hydrogens is 268 g/mol. The van der Waals surface area contributed by atoms with E-state index < -0.39 is 0 Å². The lowest BCUT2D eigenvalue weighted by molar-refractivity contribution is 0.340. The van der Waals surface area contributed by atoms with Gasteiger partial charge in [-0.3, -0.25) is 0 Å². The molecule has 0 amide bonds. The summed E-state index contributed by atoms with van der Waals surface area (Å²) in [4.78, 5) is 0. The Morgan fingerprint density at radius 1 is 0.818 bits per heavy atom. The van der Waals surface area contributed by atoms with Gasteiger partial charge in [-0.05, 0) is 58.9 Å². The first kappa shape index (κ1) is 13.1. The van der Waals surface area contributed by atoms with Crippen LogP contribution in [0.3, 0.4) is 0 Å². The lowest BCUT2D eigenvalue weighted by atomic mass is 9.96. The summed E-state index contributed by atoms with van der Waals surface area (Å²) in [5.74, 6) is 0.938. The molecular formula is C21H18O. The molecule has 1 aliphatic rings. The molecule has 0 N–H and O–H groups in total. The predicted molar refractivity (Wildman–Crippen MR) is 91.3 cm³/mol. The molecule has 0 spiro atoms. The van der Waals surface area contributed by atoms with E-state index >= 15 is 0 Å². The van der Waals surface area contributed by atoms with Crippen molar-refractivity contribution in [1.29, 1.82) is 0 Å². The monoisotopic (exact) mass is 286 g/mol. The Hall–Kier alpha value is -2.54. The van der Waals surface area contributed by atoms with E-state index in [0.29, 0.717) is 6.61 Å². The summed E-state index contributed by atoms with van der Waals surface area (Å²) < 4.78 is 5.65. The highest BCUT2D eigenvalue weighted by Crippen LogP contribution is 2.41. The van der Waals surface area contributed by atoms with Gasteiger partial charge in [-0.15, -0.1) is 0 Å². The molecule has 0 radical (unpaired) electrons. The fourth-order valence-electron chi connectivity index (χ4n) is 3.35. The van der Waals surface area contributed by atoms with Crippen LogP contribution in [0.25, 0.3) is 22.3 Å². The van der Waals surface area contributed by atoms with Crippen molar-refractivity contribution in [1.82, 2.24) is 0 Å². The molecule has 22 heavy (non-hydrogen) atoms. The van der Waals surface area contributed by atoms with Gasteiger partial charge in [0, 0.05) is 0 Å². The van der Waals surface area contributed by atoms with Crippen molar-refractivity contribution in [2.75, 3.05) is 6.61 Å². The molecule has 0 aromatic heterocycles. The van der Waals surface area contributed by atoms with Gasteiger partial charge in [0.15, 0.2) is 0 Å². The summed E-state index contributed by atoms with van der Waals surface area (Å²) >= 11 is 0. The first-order valence-electron chi connectivity index (χ1n) is 7.80. The van der Waals surface area contributed by atoms with Gasteiger partial charge in [-0.25, -0.2) is 0 Å². The molecule has 0 saturated carbocycles. The molecule has 3 aromatic carbocycles. The molecule has 1 aliphatic carbocycles. The van der Waals surface area contributed by atoms with Crippen LogP contribution in [0.15, 0.2) is 66.7 Å². The van der Waals surface area contributed by atoms with Crippen LogP contribution in [-0.4, -0.2) is 6.61 Å². The van der Waals surface area contributed by atoms with E-state index in [1.54, 1.807) is 0 Å². The summed E-state index contributed by atoms with van der Waals surface area (Å²) in [6.45, 7) is 2.71. The van der Waals surface area contributed by atoms with Crippen LogP contribution < -0.4 is 4.74 Å². The molecule has 0 atom stereocenters. The molecule has 0 aliphatic heterocycles. The maximum Gasteiger partial charge on any atom is 0.119 e. The molecule has 0 heterocycles. The smallest absolute Gasteiger partial charge is 0.119 e. The average Bonchev–Trinajstić information content (AvgIpc) is 2.94. The normalized spacial score (nSPS) is 11.9. The third kappa shape index (κ3) is 2.10. The number of ether oxygens (including phenoxy) is 1. The van der Waals surface area contributed by atoms with Crippen molar-refractivity contribution in [3.05, 3.63) is 77.9 Å². The molecule has 4 rings (SSSR count). The number of hydrogen-bond acceptors (Lipinski definition) is 1. The van der Waals surface area contributed by atoms with Gasteiger partial charge in [0.25, 0.3) is 0 Å². The standard InChI is InChI=1S/C21H18O/c1-2-22-17-9-5-8-15(13-17)19-11-6-12-20-18-10-4-3-7-16(18)14-21(19)20/h3-13H,2,14H2,1H3. The topological polar surface area (TPSA) is 9.23 Å². The number of fused-ring (bicyclic) bond motifs is 3. The Balaban J connectivity index is 1.84. The number of hydrogen-bond donors (Lipinski definition) is 0. The second kappa shape index (κ2) is 5.34. The Kier molecular flexibility index (Phi) is 3.19. The highest BCUT2D eigenvalue weighted by atomic mass is 16.5. The largest absolute Gasteiger partial charge is 0.494 e. The van der Waals surface area contributed by atoms with Crippen molar-refractivity contribution in [2.45, 2.75) is 13.3 Å². The van der Waals surface area contributed by atoms with Gasteiger partial charge in [0.05, 0.1) is 6.61 Å². The Morgan fingerprint density at radius 3 is 2.50 bits per heavy atom. The van der Waals surface area contributed by atoms with Crippen molar-refractivity contribution >= 4 is 0 Å². The summed E-state index contributed by atoms with van der Waals surface area (Å²) in [5, 5.41) is 0. The lowest BCUT2D eigenvalue weighted by Crippen LogP contribution is -1.92. The highest BCUT2D eigenvalue weighted by Gasteiger charge is 2.20. The van der Waals surface area contributed by atoms with Crippen LogP contribution in [0.5, 0.6) is 5.75 Å². The zero-order chi connectivity index (χ0) is 14.9. The number of benzene rings is 3. The van der Waals surface area contributed by atoms with Crippen LogP contribution in [0.2, 0.25) is 0 Å². The molecule has 108 valence electrons. The molecule has 0 saturated heterocycles. The fourth-order valence-corrected chi connectivity index (χ4v) is 3.35. The van der Waals surface area contributed by atoms with Crippen LogP contribution >= 0.6 is 0 Å². The van der Waals surface area contributed by atoms with Gasteiger partial charge in [0.2, 0.25) is 0 Å². The van der Waals surface area contributed by atoms with Gasteiger partial charge < -0.3 is 4.74 Å². The van der Waals surface area contributed by atoms with Gasteiger partial charge in [-0.1, -0.05) is 54.6 Å². The highest BCUT2D eigenvalue weighted by molar-refractivity contribution is 5.84. The SMILES string of the molecule is CCOc1cccc(-c2cccc3c2Cc2ccccc2-3)c1. The van der Waals surface area contributed by atoms with Gasteiger partial charge >= 0.3 is 0 Å². The summed E-state index contributed by atoms with van der Waals surface area (Å²) in [5.41, 5.74) is 8.14. The zero-order valence-corrected chi connectivity index (χ0v) is 12.7. The van der Waals surface area contributed by atoms with Crippen molar-refractivity contribution < 1.29 is 4.74 Å². The number of rotatable bonds is 3. The lowest BCUT2D eigenvalue weighted by Gasteiger charge is -2.10. The second-order valence-electron chi connectivity index (χ2n) is 5.63. The van der Waals surface area contributed by atoms with E-state index in [1.165, 1.54) is 33.4 Å².